The standard InChI is InChI=1S/C13H18O4/c1-11(17-10-13(14)15)7-8-16-9-12-5-3-2-4-6-12/h2-6,11H,7-10H2,1H3,(H,14,15)/t11-/m1/s1. The molecule has 4 nitrogen and oxygen atoms in total. The second kappa shape index (κ2) is 7.81. The summed E-state index contributed by atoms with van der Waals surface area (Å²) in [5, 5.41) is 8.43. The van der Waals surface area contributed by atoms with Crippen LogP contribution in [0.4, 0.5) is 0 Å². The van der Waals surface area contributed by atoms with Gasteiger partial charge in [-0.25, -0.2) is 4.79 Å². The van der Waals surface area contributed by atoms with Gasteiger partial charge in [-0.05, 0) is 18.9 Å². The van der Waals surface area contributed by atoms with Crippen molar-refractivity contribution in [2.24, 2.45) is 0 Å². The van der Waals surface area contributed by atoms with Crippen LogP contribution in [-0.4, -0.2) is 30.4 Å². The van der Waals surface area contributed by atoms with Crippen LogP contribution < -0.4 is 0 Å². The van der Waals surface area contributed by atoms with Crippen molar-refractivity contribution in [3.05, 3.63) is 35.9 Å². The van der Waals surface area contributed by atoms with Crippen LogP contribution in [0.5, 0.6) is 0 Å². The molecule has 17 heavy (non-hydrogen) atoms. The fraction of sp³-hybridized carbons (Fsp3) is 0.462. The first-order valence-electron chi connectivity index (χ1n) is 5.63. The summed E-state index contributed by atoms with van der Waals surface area (Å²) >= 11 is 0. The van der Waals surface area contributed by atoms with E-state index in [2.05, 4.69) is 0 Å². The highest BCUT2D eigenvalue weighted by molar-refractivity contribution is 5.68. The summed E-state index contributed by atoms with van der Waals surface area (Å²) in [6.45, 7) is 2.73. The zero-order valence-electron chi connectivity index (χ0n) is 9.96. The molecular weight excluding hydrogens is 220 g/mol. The van der Waals surface area contributed by atoms with Gasteiger partial charge in [-0.1, -0.05) is 30.3 Å². The lowest BCUT2D eigenvalue weighted by Crippen LogP contribution is -2.16. The Morgan fingerprint density at radius 2 is 2.06 bits per heavy atom. The lowest BCUT2D eigenvalue weighted by atomic mass is 10.2. The van der Waals surface area contributed by atoms with Crippen molar-refractivity contribution in [1.82, 2.24) is 0 Å². The maximum atomic E-state index is 10.3. The van der Waals surface area contributed by atoms with Crippen molar-refractivity contribution in [3.8, 4) is 0 Å². The molecule has 0 aliphatic rings. The van der Waals surface area contributed by atoms with E-state index in [0.29, 0.717) is 19.6 Å². The highest BCUT2D eigenvalue weighted by Crippen LogP contribution is 2.03. The Labute approximate surface area is 101 Å². The fourth-order valence-corrected chi connectivity index (χ4v) is 1.31. The van der Waals surface area contributed by atoms with Crippen LogP contribution >= 0.6 is 0 Å². The van der Waals surface area contributed by atoms with Crippen LogP contribution in [0.15, 0.2) is 30.3 Å². The Hall–Kier alpha value is -1.39. The number of aliphatic carboxylic acids is 1. The number of carbonyl (C=O) groups is 1. The summed E-state index contributed by atoms with van der Waals surface area (Å²) in [5.41, 5.74) is 1.13. The molecular formula is C13H18O4. The zero-order chi connectivity index (χ0) is 12.5. The number of carboxylic acids is 1. The summed E-state index contributed by atoms with van der Waals surface area (Å²) in [5.74, 6) is -0.943. The Balaban J connectivity index is 2.06. The van der Waals surface area contributed by atoms with Crippen molar-refractivity contribution < 1.29 is 19.4 Å². The molecule has 1 aromatic carbocycles. The third-order valence-electron chi connectivity index (χ3n) is 2.27. The topological polar surface area (TPSA) is 55.8 Å². The lowest BCUT2D eigenvalue weighted by molar-refractivity contribution is -0.144. The maximum Gasteiger partial charge on any atom is 0.329 e. The van der Waals surface area contributed by atoms with Gasteiger partial charge < -0.3 is 14.6 Å². The van der Waals surface area contributed by atoms with Crippen LogP contribution in [-0.2, 0) is 20.9 Å². The van der Waals surface area contributed by atoms with E-state index in [1.807, 2.05) is 37.3 Å². The zero-order valence-corrected chi connectivity index (χ0v) is 9.96. The molecule has 0 amide bonds. The largest absolute Gasteiger partial charge is 0.480 e. The van der Waals surface area contributed by atoms with E-state index in [1.54, 1.807) is 0 Å². The molecule has 0 spiro atoms. The van der Waals surface area contributed by atoms with Gasteiger partial charge in [0.2, 0.25) is 0 Å². The molecule has 1 aromatic rings. The number of hydrogen-bond acceptors (Lipinski definition) is 3. The van der Waals surface area contributed by atoms with Crippen LogP contribution in [0.25, 0.3) is 0 Å². The molecule has 0 fully saturated rings. The van der Waals surface area contributed by atoms with E-state index in [-0.39, 0.29) is 12.7 Å². The molecule has 4 heteroatoms. The van der Waals surface area contributed by atoms with Gasteiger partial charge in [-0.2, -0.15) is 0 Å². The van der Waals surface area contributed by atoms with E-state index < -0.39 is 5.97 Å². The molecule has 0 unspecified atom stereocenters. The average molecular weight is 238 g/mol. The van der Waals surface area contributed by atoms with Gasteiger partial charge in [0.15, 0.2) is 0 Å². The Bertz CT molecular complexity index is 323. The molecule has 0 aliphatic carbocycles. The van der Waals surface area contributed by atoms with Gasteiger partial charge in [0, 0.05) is 6.61 Å². The van der Waals surface area contributed by atoms with Gasteiger partial charge in [0.05, 0.1) is 12.7 Å². The van der Waals surface area contributed by atoms with Crippen molar-refractivity contribution >= 4 is 5.97 Å². The minimum Gasteiger partial charge on any atom is -0.480 e. The Morgan fingerprint density at radius 1 is 1.35 bits per heavy atom. The number of ether oxygens (including phenoxy) is 2. The molecule has 0 aliphatic heterocycles. The molecule has 1 N–H and O–H groups in total. The van der Waals surface area contributed by atoms with Crippen LogP contribution in [0.1, 0.15) is 18.9 Å². The number of rotatable bonds is 8. The van der Waals surface area contributed by atoms with E-state index in [0.717, 1.165) is 5.56 Å². The summed E-state index contributed by atoms with van der Waals surface area (Å²) in [4.78, 5) is 10.3. The minimum absolute atomic E-state index is 0.0955. The van der Waals surface area contributed by atoms with Crippen molar-refractivity contribution in [2.45, 2.75) is 26.1 Å². The predicted molar refractivity (Wildman–Crippen MR) is 63.8 cm³/mol. The van der Waals surface area contributed by atoms with E-state index in [1.165, 1.54) is 0 Å². The molecule has 0 saturated heterocycles. The van der Waals surface area contributed by atoms with Crippen molar-refractivity contribution in [2.75, 3.05) is 13.2 Å². The Kier molecular flexibility index (Phi) is 6.29. The Morgan fingerprint density at radius 3 is 2.71 bits per heavy atom. The molecule has 0 saturated carbocycles. The van der Waals surface area contributed by atoms with Crippen molar-refractivity contribution in [1.29, 1.82) is 0 Å². The number of hydrogen-bond donors (Lipinski definition) is 1. The molecule has 0 radical (unpaired) electrons. The third kappa shape index (κ3) is 6.71. The summed E-state index contributed by atoms with van der Waals surface area (Å²) in [7, 11) is 0. The van der Waals surface area contributed by atoms with Crippen LogP contribution in [0, 0.1) is 0 Å². The normalized spacial score (nSPS) is 12.3. The fourth-order valence-electron chi connectivity index (χ4n) is 1.31. The third-order valence-corrected chi connectivity index (χ3v) is 2.27. The average Bonchev–Trinajstić information content (AvgIpc) is 2.33. The molecule has 1 rings (SSSR count). The summed E-state index contributed by atoms with van der Waals surface area (Å²) < 4.78 is 10.5. The molecule has 1 atom stereocenters. The van der Waals surface area contributed by atoms with Gasteiger partial charge >= 0.3 is 5.97 Å². The monoisotopic (exact) mass is 238 g/mol. The smallest absolute Gasteiger partial charge is 0.329 e. The van der Waals surface area contributed by atoms with E-state index >= 15 is 0 Å². The lowest BCUT2D eigenvalue weighted by Gasteiger charge is -2.11. The maximum absolute atomic E-state index is 10.3. The predicted octanol–water partition coefficient (Wildman–Crippen LogP) is 2.08. The van der Waals surface area contributed by atoms with Gasteiger partial charge in [-0.3, -0.25) is 0 Å². The van der Waals surface area contributed by atoms with Crippen molar-refractivity contribution in [3.63, 3.8) is 0 Å². The second-order valence-corrected chi connectivity index (χ2v) is 3.84. The van der Waals surface area contributed by atoms with Gasteiger partial charge in [0.1, 0.15) is 6.61 Å². The van der Waals surface area contributed by atoms with E-state index in [4.69, 9.17) is 14.6 Å². The van der Waals surface area contributed by atoms with Gasteiger partial charge in [-0.15, -0.1) is 0 Å². The quantitative estimate of drug-likeness (QED) is 0.704. The van der Waals surface area contributed by atoms with Gasteiger partial charge in [0.25, 0.3) is 0 Å². The summed E-state index contributed by atoms with van der Waals surface area (Å²) in [6, 6.07) is 9.91. The summed E-state index contributed by atoms with van der Waals surface area (Å²) in [6.07, 6.45) is 0.599. The van der Waals surface area contributed by atoms with Crippen LogP contribution in [0.2, 0.25) is 0 Å². The molecule has 0 heterocycles. The minimum atomic E-state index is -0.943. The van der Waals surface area contributed by atoms with E-state index in [9.17, 15) is 4.79 Å². The number of benzene rings is 1. The second-order valence-electron chi connectivity index (χ2n) is 3.84. The molecule has 0 aromatic heterocycles. The SMILES string of the molecule is C[C@H](CCOCc1ccccc1)OCC(=O)O. The molecule has 94 valence electrons. The first-order chi connectivity index (χ1) is 8.18. The highest BCUT2D eigenvalue weighted by atomic mass is 16.5. The first-order valence-corrected chi connectivity index (χ1v) is 5.63. The number of carboxylic acid groups (broad SMARTS) is 1. The highest BCUT2D eigenvalue weighted by Gasteiger charge is 2.05. The molecule has 0 bridgehead atoms. The van der Waals surface area contributed by atoms with Crippen LogP contribution in [0.3, 0.4) is 0 Å². The first kappa shape index (κ1) is 13.7.